The summed E-state index contributed by atoms with van der Waals surface area (Å²) in [5.41, 5.74) is 0.122. The molecule has 1 aliphatic carbocycles. The Hall–Kier alpha value is -0.650. The molecule has 1 saturated heterocycles. The second-order valence-electron chi connectivity index (χ2n) is 6.40. The number of amides is 1. The molecule has 0 bridgehead atoms. The predicted octanol–water partition coefficient (Wildman–Crippen LogP) is 0.164. The number of carbonyl (C=O) groups excluding carboxylic acids is 1. The van der Waals surface area contributed by atoms with Gasteiger partial charge in [0.1, 0.15) is 0 Å². The zero-order chi connectivity index (χ0) is 14.0. The van der Waals surface area contributed by atoms with Crippen LogP contribution < -0.4 is 5.32 Å². The quantitative estimate of drug-likeness (QED) is 0.790. The Morgan fingerprint density at radius 1 is 1.32 bits per heavy atom. The molecule has 2 fully saturated rings. The Kier molecular flexibility index (Phi) is 4.48. The molecule has 0 aromatic carbocycles. The van der Waals surface area contributed by atoms with Crippen molar-refractivity contribution in [2.75, 3.05) is 46.9 Å². The van der Waals surface area contributed by atoms with Crippen molar-refractivity contribution in [1.82, 2.24) is 15.1 Å². The van der Waals surface area contributed by atoms with Crippen LogP contribution >= 0.6 is 0 Å². The van der Waals surface area contributed by atoms with Crippen molar-refractivity contribution in [2.45, 2.75) is 32.4 Å². The molecule has 2 aliphatic rings. The fourth-order valence-corrected chi connectivity index (χ4v) is 3.01. The maximum atomic E-state index is 12.1. The van der Waals surface area contributed by atoms with E-state index in [1.807, 2.05) is 4.90 Å². The third kappa shape index (κ3) is 3.09. The van der Waals surface area contributed by atoms with Crippen molar-refractivity contribution in [3.8, 4) is 0 Å². The zero-order valence-corrected chi connectivity index (χ0v) is 12.6. The monoisotopic (exact) mass is 269 g/mol. The molecule has 1 amide bonds. The second kappa shape index (κ2) is 5.77. The summed E-state index contributed by atoms with van der Waals surface area (Å²) >= 11 is 0. The second-order valence-corrected chi connectivity index (χ2v) is 6.40. The van der Waals surface area contributed by atoms with Crippen LogP contribution in [-0.2, 0) is 9.53 Å². The van der Waals surface area contributed by atoms with E-state index in [2.05, 4.69) is 31.1 Å². The zero-order valence-electron chi connectivity index (χ0n) is 12.6. The Morgan fingerprint density at radius 2 is 1.95 bits per heavy atom. The van der Waals surface area contributed by atoms with Gasteiger partial charge in [-0.15, -0.1) is 0 Å². The van der Waals surface area contributed by atoms with Crippen LogP contribution in [0.3, 0.4) is 0 Å². The normalized spacial score (nSPS) is 31.1. The van der Waals surface area contributed by atoms with Crippen molar-refractivity contribution in [3.05, 3.63) is 0 Å². The van der Waals surface area contributed by atoms with E-state index in [9.17, 15) is 4.79 Å². The number of hydrogen-bond acceptors (Lipinski definition) is 4. The van der Waals surface area contributed by atoms with E-state index in [0.717, 1.165) is 32.6 Å². The highest BCUT2D eigenvalue weighted by Crippen LogP contribution is 2.42. The van der Waals surface area contributed by atoms with Gasteiger partial charge in [-0.1, -0.05) is 13.8 Å². The lowest BCUT2D eigenvalue weighted by Gasteiger charge is -2.51. The van der Waals surface area contributed by atoms with Crippen LogP contribution in [0.4, 0.5) is 0 Å². The average Bonchev–Trinajstić information content (AvgIpc) is 2.38. The third-order valence-corrected chi connectivity index (χ3v) is 4.82. The van der Waals surface area contributed by atoms with E-state index in [-0.39, 0.29) is 11.3 Å². The maximum Gasteiger partial charge on any atom is 0.236 e. The topological polar surface area (TPSA) is 44.8 Å². The van der Waals surface area contributed by atoms with Gasteiger partial charge in [-0.2, -0.15) is 0 Å². The highest BCUT2D eigenvalue weighted by Gasteiger charge is 2.48. The number of nitrogens with one attached hydrogen (secondary N) is 1. The van der Waals surface area contributed by atoms with Gasteiger partial charge < -0.3 is 19.9 Å². The lowest BCUT2D eigenvalue weighted by Crippen LogP contribution is -2.62. The molecule has 5 nitrogen and oxygen atoms in total. The highest BCUT2D eigenvalue weighted by molar-refractivity contribution is 5.78. The SMILES string of the molecule is COC1CC(NCC(=O)N2CCN(C)CC2)C1(C)C. The van der Waals surface area contributed by atoms with Gasteiger partial charge in [0, 0.05) is 44.7 Å². The molecular weight excluding hydrogens is 242 g/mol. The molecule has 1 N–H and O–H groups in total. The first-order valence-corrected chi connectivity index (χ1v) is 7.17. The molecule has 19 heavy (non-hydrogen) atoms. The predicted molar refractivity (Wildman–Crippen MR) is 75.1 cm³/mol. The first-order valence-electron chi connectivity index (χ1n) is 7.17. The Balaban J connectivity index is 1.73. The molecule has 2 unspecified atom stereocenters. The van der Waals surface area contributed by atoms with E-state index in [1.165, 1.54) is 0 Å². The Morgan fingerprint density at radius 3 is 2.47 bits per heavy atom. The third-order valence-electron chi connectivity index (χ3n) is 4.82. The number of nitrogens with zero attached hydrogens (tertiary/aromatic N) is 2. The summed E-state index contributed by atoms with van der Waals surface area (Å²) in [6.45, 7) is 8.51. The molecule has 1 aliphatic heterocycles. The summed E-state index contributed by atoms with van der Waals surface area (Å²) in [6, 6.07) is 0.383. The average molecular weight is 269 g/mol. The highest BCUT2D eigenvalue weighted by atomic mass is 16.5. The molecule has 110 valence electrons. The maximum absolute atomic E-state index is 12.1. The molecule has 0 spiro atoms. The molecule has 0 aromatic rings. The van der Waals surface area contributed by atoms with E-state index < -0.39 is 0 Å². The number of piperazine rings is 1. The van der Waals surface area contributed by atoms with Gasteiger partial charge >= 0.3 is 0 Å². The summed E-state index contributed by atoms with van der Waals surface area (Å²) < 4.78 is 5.43. The number of hydrogen-bond donors (Lipinski definition) is 1. The van der Waals surface area contributed by atoms with E-state index in [4.69, 9.17) is 4.74 Å². The number of ether oxygens (including phenoxy) is 1. The van der Waals surface area contributed by atoms with Crippen molar-refractivity contribution in [3.63, 3.8) is 0 Å². The van der Waals surface area contributed by atoms with Crippen LogP contribution in [0.1, 0.15) is 20.3 Å². The van der Waals surface area contributed by atoms with Crippen LogP contribution in [-0.4, -0.2) is 74.7 Å². The Labute approximate surface area is 116 Å². The summed E-state index contributed by atoms with van der Waals surface area (Å²) in [6.07, 6.45) is 1.31. The smallest absolute Gasteiger partial charge is 0.236 e. The fourth-order valence-electron chi connectivity index (χ4n) is 3.01. The fraction of sp³-hybridized carbons (Fsp3) is 0.929. The lowest BCUT2D eigenvalue weighted by molar-refractivity contribution is -0.134. The van der Waals surface area contributed by atoms with Crippen molar-refractivity contribution in [2.24, 2.45) is 5.41 Å². The van der Waals surface area contributed by atoms with Crippen LogP contribution in [0.5, 0.6) is 0 Å². The van der Waals surface area contributed by atoms with Gasteiger partial charge in [-0.25, -0.2) is 0 Å². The molecular formula is C14H27N3O2. The minimum atomic E-state index is 0.122. The molecule has 0 radical (unpaired) electrons. The summed E-state index contributed by atoms with van der Waals surface area (Å²) in [7, 11) is 3.86. The van der Waals surface area contributed by atoms with Gasteiger partial charge in [0.25, 0.3) is 0 Å². The largest absolute Gasteiger partial charge is 0.381 e. The number of rotatable bonds is 4. The molecule has 5 heteroatoms. The number of likely N-dealkylation sites (N-methyl/N-ethyl adjacent to an activating group) is 1. The van der Waals surface area contributed by atoms with Crippen LogP contribution in [0.25, 0.3) is 0 Å². The van der Waals surface area contributed by atoms with Gasteiger partial charge in [0.2, 0.25) is 5.91 Å². The molecule has 2 rings (SSSR count). The minimum Gasteiger partial charge on any atom is -0.381 e. The van der Waals surface area contributed by atoms with Gasteiger partial charge in [0.05, 0.1) is 12.6 Å². The van der Waals surface area contributed by atoms with E-state index in [0.29, 0.717) is 18.7 Å². The van der Waals surface area contributed by atoms with Gasteiger partial charge in [0.15, 0.2) is 0 Å². The summed E-state index contributed by atoms with van der Waals surface area (Å²) in [4.78, 5) is 16.3. The number of carbonyl (C=O) groups is 1. The lowest BCUT2D eigenvalue weighted by atomic mass is 9.64. The first-order chi connectivity index (χ1) is 8.95. The van der Waals surface area contributed by atoms with Crippen molar-refractivity contribution >= 4 is 5.91 Å². The van der Waals surface area contributed by atoms with Crippen molar-refractivity contribution in [1.29, 1.82) is 0 Å². The molecule has 1 heterocycles. The summed E-state index contributed by atoms with van der Waals surface area (Å²) in [5, 5.41) is 3.40. The minimum absolute atomic E-state index is 0.122. The van der Waals surface area contributed by atoms with Crippen LogP contribution in [0.2, 0.25) is 0 Å². The summed E-state index contributed by atoms with van der Waals surface area (Å²) in [5.74, 6) is 0.227. The Bertz CT molecular complexity index is 325. The number of methoxy groups -OCH3 is 1. The van der Waals surface area contributed by atoms with Gasteiger partial charge in [-0.05, 0) is 13.5 Å². The van der Waals surface area contributed by atoms with Gasteiger partial charge in [-0.3, -0.25) is 4.79 Å². The van der Waals surface area contributed by atoms with E-state index in [1.54, 1.807) is 7.11 Å². The molecule has 2 atom stereocenters. The first kappa shape index (κ1) is 14.8. The molecule has 0 aromatic heterocycles. The standard InChI is InChI=1S/C14H27N3O2/c1-14(2)11(9-12(14)19-4)15-10-13(18)17-7-5-16(3)6-8-17/h11-12,15H,5-10H2,1-4H3. The van der Waals surface area contributed by atoms with Crippen molar-refractivity contribution < 1.29 is 9.53 Å². The van der Waals surface area contributed by atoms with Crippen LogP contribution in [0, 0.1) is 5.41 Å². The van der Waals surface area contributed by atoms with E-state index >= 15 is 0 Å². The molecule has 1 saturated carbocycles. The van der Waals surface area contributed by atoms with Crippen LogP contribution in [0.15, 0.2) is 0 Å².